The Kier molecular flexibility index (Phi) is 11.0. The molecule has 1 aromatic heterocycles. The standard InChI is InChI=1S/C36H49N3O4S2/c1-24(2)33(43-4)20-9-25(3)27-12-10-26(11-13-27)23-39(36(40)29-16-18-31(19-17-29)38-45(5,41)42)32-8-6-7-30(21-32)34-22-37-35(44-34)28-14-15-28/h6-9,20-22,26-29,31,38H,3,10-19,23H2,1-2,4-5H3/b20-9-/t26-,27-,29-,31-. The minimum absolute atomic E-state index is 0.0954. The number of anilines is 1. The van der Waals surface area contributed by atoms with Crippen LogP contribution < -0.4 is 9.62 Å². The maximum atomic E-state index is 14.3. The van der Waals surface area contributed by atoms with Gasteiger partial charge in [-0.1, -0.05) is 30.4 Å². The van der Waals surface area contributed by atoms with E-state index in [0.717, 1.165) is 58.7 Å². The molecule has 3 aliphatic rings. The molecule has 244 valence electrons. The van der Waals surface area contributed by atoms with E-state index in [1.807, 2.05) is 31.0 Å². The molecule has 0 unspecified atom stereocenters. The number of hydrogen-bond donors (Lipinski definition) is 1. The smallest absolute Gasteiger partial charge is 0.230 e. The SMILES string of the molecule is C=C(/C=C\C(OC)=C(C)C)[C@H]1CC[C@H](CN(c2cccc(-c3cnc(C4CC4)s3)c2)C(=O)[C@H]2CC[C@H](NS(C)(=O)=O)CC2)CC1. The number of allylic oxidation sites excluding steroid dienone is 4. The molecule has 1 aromatic carbocycles. The van der Waals surface area contributed by atoms with Crippen LogP contribution in [0.4, 0.5) is 5.69 Å². The lowest BCUT2D eigenvalue weighted by Crippen LogP contribution is -2.44. The molecular weight excluding hydrogens is 603 g/mol. The van der Waals surface area contributed by atoms with Crippen LogP contribution in [0, 0.1) is 17.8 Å². The monoisotopic (exact) mass is 651 g/mol. The fourth-order valence-corrected chi connectivity index (χ4v) is 8.73. The fourth-order valence-electron chi connectivity index (χ4n) is 6.80. The number of nitrogens with zero attached hydrogens (tertiary/aromatic N) is 2. The van der Waals surface area contributed by atoms with Crippen molar-refractivity contribution in [2.24, 2.45) is 17.8 Å². The number of methoxy groups -OCH3 is 1. The second-order valence-corrected chi connectivity index (χ2v) is 16.3. The molecule has 0 radical (unpaired) electrons. The first-order chi connectivity index (χ1) is 21.5. The van der Waals surface area contributed by atoms with E-state index in [2.05, 4.69) is 46.6 Å². The summed E-state index contributed by atoms with van der Waals surface area (Å²) in [7, 11) is -1.56. The van der Waals surface area contributed by atoms with E-state index >= 15 is 0 Å². The maximum absolute atomic E-state index is 14.3. The van der Waals surface area contributed by atoms with Crippen LogP contribution in [0.15, 0.2) is 66.1 Å². The van der Waals surface area contributed by atoms with Crippen molar-refractivity contribution in [3.05, 3.63) is 71.1 Å². The highest BCUT2D eigenvalue weighted by Crippen LogP contribution is 2.44. The van der Waals surface area contributed by atoms with E-state index in [0.29, 0.717) is 50.0 Å². The van der Waals surface area contributed by atoms with Gasteiger partial charge in [-0.2, -0.15) is 0 Å². The highest BCUT2D eigenvalue weighted by molar-refractivity contribution is 7.88. The van der Waals surface area contributed by atoms with Gasteiger partial charge in [-0.05, 0) is 119 Å². The number of ether oxygens (including phenoxy) is 1. The summed E-state index contributed by atoms with van der Waals surface area (Å²) in [5.74, 6) is 2.40. The first-order valence-corrected chi connectivity index (χ1v) is 19.1. The quantitative estimate of drug-likeness (QED) is 0.186. The molecule has 0 aliphatic heterocycles. The Morgan fingerprint density at radius 2 is 1.73 bits per heavy atom. The number of carbonyl (C=O) groups is 1. The summed E-state index contributed by atoms with van der Waals surface area (Å²) in [4.78, 5) is 22.1. The number of amides is 1. The number of aromatic nitrogens is 1. The van der Waals surface area contributed by atoms with E-state index in [1.165, 1.54) is 24.1 Å². The third kappa shape index (κ3) is 9.17. The van der Waals surface area contributed by atoms with Gasteiger partial charge in [-0.3, -0.25) is 4.79 Å². The van der Waals surface area contributed by atoms with E-state index in [1.54, 1.807) is 18.4 Å². The summed E-state index contributed by atoms with van der Waals surface area (Å²) in [6.07, 6.45) is 16.7. The van der Waals surface area contributed by atoms with Crippen molar-refractivity contribution in [2.45, 2.75) is 90.0 Å². The maximum Gasteiger partial charge on any atom is 0.230 e. The van der Waals surface area contributed by atoms with Crippen molar-refractivity contribution in [1.82, 2.24) is 9.71 Å². The van der Waals surface area contributed by atoms with Gasteiger partial charge in [0.05, 0.1) is 23.3 Å². The summed E-state index contributed by atoms with van der Waals surface area (Å²) >= 11 is 1.77. The van der Waals surface area contributed by atoms with Crippen LogP contribution in [0.25, 0.3) is 10.4 Å². The molecule has 0 spiro atoms. The Hall–Kier alpha value is -2.75. The predicted octanol–water partition coefficient (Wildman–Crippen LogP) is 7.99. The molecule has 1 heterocycles. The van der Waals surface area contributed by atoms with E-state index in [9.17, 15) is 13.2 Å². The van der Waals surface area contributed by atoms with Crippen molar-refractivity contribution in [2.75, 3.05) is 24.8 Å². The number of benzene rings is 1. The lowest BCUT2D eigenvalue weighted by atomic mass is 9.78. The van der Waals surface area contributed by atoms with Gasteiger partial charge in [-0.15, -0.1) is 11.3 Å². The summed E-state index contributed by atoms with van der Waals surface area (Å²) in [6.45, 7) is 9.15. The molecule has 7 nitrogen and oxygen atoms in total. The molecule has 2 aromatic rings. The highest BCUT2D eigenvalue weighted by Gasteiger charge is 2.33. The summed E-state index contributed by atoms with van der Waals surface area (Å²) in [6, 6.07) is 8.31. The third-order valence-electron chi connectivity index (χ3n) is 9.59. The lowest BCUT2D eigenvalue weighted by Gasteiger charge is -2.36. The van der Waals surface area contributed by atoms with Gasteiger partial charge in [-0.25, -0.2) is 18.1 Å². The Bertz CT molecular complexity index is 1520. The molecule has 45 heavy (non-hydrogen) atoms. The average molecular weight is 652 g/mol. The van der Waals surface area contributed by atoms with Gasteiger partial charge in [0.2, 0.25) is 15.9 Å². The zero-order valence-electron chi connectivity index (χ0n) is 27.3. The molecule has 3 aliphatic carbocycles. The molecule has 0 atom stereocenters. The predicted molar refractivity (Wildman–Crippen MR) is 185 cm³/mol. The number of thiazole rings is 1. The lowest BCUT2D eigenvalue weighted by molar-refractivity contribution is -0.123. The van der Waals surface area contributed by atoms with Gasteiger partial charge in [0.25, 0.3) is 0 Å². The Morgan fingerprint density at radius 1 is 1.04 bits per heavy atom. The van der Waals surface area contributed by atoms with Crippen LogP contribution >= 0.6 is 11.3 Å². The normalized spacial score (nSPS) is 23.9. The minimum atomic E-state index is -3.26. The fraction of sp³-hybridized carbons (Fsp3) is 0.556. The second kappa shape index (κ2) is 14.8. The first kappa shape index (κ1) is 33.6. The van der Waals surface area contributed by atoms with Crippen LogP contribution in [0.5, 0.6) is 0 Å². The van der Waals surface area contributed by atoms with Crippen molar-refractivity contribution in [3.8, 4) is 10.4 Å². The zero-order valence-corrected chi connectivity index (χ0v) is 28.9. The van der Waals surface area contributed by atoms with Crippen molar-refractivity contribution < 1.29 is 17.9 Å². The van der Waals surface area contributed by atoms with Crippen LogP contribution in [0.3, 0.4) is 0 Å². The number of carbonyl (C=O) groups excluding carboxylic acids is 1. The summed E-state index contributed by atoms with van der Waals surface area (Å²) in [5.41, 5.74) is 4.32. The molecule has 5 rings (SSSR count). The molecule has 3 saturated carbocycles. The van der Waals surface area contributed by atoms with Crippen molar-refractivity contribution in [1.29, 1.82) is 0 Å². The first-order valence-electron chi connectivity index (χ1n) is 16.4. The highest BCUT2D eigenvalue weighted by atomic mass is 32.2. The van der Waals surface area contributed by atoms with E-state index < -0.39 is 10.0 Å². The van der Waals surface area contributed by atoms with Gasteiger partial charge in [0.1, 0.15) is 5.76 Å². The Labute approximate surface area is 273 Å². The minimum Gasteiger partial charge on any atom is -0.497 e. The topological polar surface area (TPSA) is 88.6 Å². The number of hydrogen-bond acceptors (Lipinski definition) is 6. The van der Waals surface area contributed by atoms with Gasteiger partial charge in [0.15, 0.2) is 0 Å². The molecule has 3 fully saturated rings. The molecule has 1 amide bonds. The Morgan fingerprint density at radius 3 is 2.36 bits per heavy atom. The Balaban J connectivity index is 1.29. The van der Waals surface area contributed by atoms with Crippen LogP contribution in [0.1, 0.15) is 89.0 Å². The van der Waals surface area contributed by atoms with E-state index in [4.69, 9.17) is 4.74 Å². The number of nitrogens with one attached hydrogen (secondary N) is 1. The van der Waals surface area contributed by atoms with Crippen molar-refractivity contribution in [3.63, 3.8) is 0 Å². The van der Waals surface area contributed by atoms with Crippen LogP contribution in [-0.4, -0.2) is 45.3 Å². The van der Waals surface area contributed by atoms with Gasteiger partial charge < -0.3 is 9.64 Å². The third-order valence-corrected chi connectivity index (χ3v) is 11.6. The molecule has 0 saturated heterocycles. The summed E-state index contributed by atoms with van der Waals surface area (Å²) in [5, 5.41) is 1.22. The van der Waals surface area contributed by atoms with Crippen LogP contribution in [-0.2, 0) is 19.6 Å². The average Bonchev–Trinajstić information content (AvgIpc) is 3.75. The zero-order chi connectivity index (χ0) is 32.1. The molecule has 0 bridgehead atoms. The molecular formula is C36H49N3O4S2. The van der Waals surface area contributed by atoms with Gasteiger partial charge in [0, 0.05) is 36.3 Å². The number of sulfonamides is 1. The van der Waals surface area contributed by atoms with E-state index in [-0.39, 0.29) is 17.9 Å². The molecule has 9 heteroatoms. The molecule has 1 N–H and O–H groups in total. The second-order valence-electron chi connectivity index (χ2n) is 13.5. The largest absolute Gasteiger partial charge is 0.497 e. The summed E-state index contributed by atoms with van der Waals surface area (Å²) < 4.78 is 31.8. The van der Waals surface area contributed by atoms with Gasteiger partial charge >= 0.3 is 0 Å². The van der Waals surface area contributed by atoms with Crippen LogP contribution in [0.2, 0.25) is 0 Å². The van der Waals surface area contributed by atoms with Crippen molar-refractivity contribution >= 4 is 33.0 Å². The number of rotatable bonds is 12.